The summed E-state index contributed by atoms with van der Waals surface area (Å²) >= 11 is 0. The molecule has 1 aliphatic rings. The molecule has 0 heterocycles. The second kappa shape index (κ2) is 12.6. The first kappa shape index (κ1) is 27.9. The van der Waals surface area contributed by atoms with Gasteiger partial charge in [-0.05, 0) is 82.0 Å². The van der Waals surface area contributed by atoms with E-state index in [0.29, 0.717) is 5.92 Å². The van der Waals surface area contributed by atoms with E-state index in [1.807, 2.05) is 67.6 Å². The highest BCUT2D eigenvalue weighted by atomic mass is 16.3. The lowest BCUT2D eigenvalue weighted by Gasteiger charge is -2.36. The molecule has 0 unspecified atom stereocenters. The van der Waals surface area contributed by atoms with Crippen LogP contribution in [0.25, 0.3) is 0 Å². The molecule has 0 bridgehead atoms. The Kier molecular flexibility index (Phi) is 9.24. The van der Waals surface area contributed by atoms with Crippen LogP contribution in [0.15, 0.2) is 91.0 Å². The van der Waals surface area contributed by atoms with Crippen molar-refractivity contribution < 1.29 is 9.90 Å². The van der Waals surface area contributed by atoms with Crippen LogP contribution in [-0.4, -0.2) is 29.8 Å². The Morgan fingerprint density at radius 1 is 0.816 bits per heavy atom. The highest BCUT2D eigenvalue weighted by Crippen LogP contribution is 2.33. The monoisotopic (exact) mass is 513 g/mol. The van der Waals surface area contributed by atoms with E-state index >= 15 is 0 Å². The van der Waals surface area contributed by atoms with Crippen LogP contribution in [0.4, 0.5) is 4.79 Å². The van der Waals surface area contributed by atoms with Crippen molar-refractivity contribution in [1.82, 2.24) is 16.0 Å². The maximum absolute atomic E-state index is 13.0. The first-order valence-electron chi connectivity index (χ1n) is 14.0. The zero-order valence-corrected chi connectivity index (χ0v) is 23.0. The Hall–Kier alpha value is -3.15. The number of hydrogen-bond donors (Lipinski definition) is 4. The van der Waals surface area contributed by atoms with Crippen molar-refractivity contribution in [2.45, 2.75) is 76.1 Å². The molecule has 4 N–H and O–H groups in total. The van der Waals surface area contributed by atoms with E-state index < -0.39 is 11.6 Å². The summed E-state index contributed by atoms with van der Waals surface area (Å²) in [6.45, 7) is 7.32. The highest BCUT2D eigenvalue weighted by Gasteiger charge is 2.38. The second-order valence-electron chi connectivity index (χ2n) is 11.3. The van der Waals surface area contributed by atoms with Crippen molar-refractivity contribution in [1.29, 1.82) is 0 Å². The quantitative estimate of drug-likeness (QED) is 0.265. The molecular weight excluding hydrogens is 470 g/mol. The van der Waals surface area contributed by atoms with Gasteiger partial charge in [-0.15, -0.1) is 0 Å². The van der Waals surface area contributed by atoms with Gasteiger partial charge in [0.1, 0.15) is 5.60 Å². The number of rotatable bonds is 10. The van der Waals surface area contributed by atoms with Crippen LogP contribution in [0, 0.1) is 5.92 Å². The van der Waals surface area contributed by atoms with Crippen molar-refractivity contribution in [2.24, 2.45) is 5.92 Å². The minimum absolute atomic E-state index is 0.0454. The molecule has 0 spiro atoms. The maximum atomic E-state index is 13.0. The van der Waals surface area contributed by atoms with Crippen LogP contribution in [-0.2, 0) is 11.1 Å². The van der Waals surface area contributed by atoms with Crippen molar-refractivity contribution >= 4 is 6.03 Å². The SMILES string of the molecule is C[C@@H](NC(=O)NC1CCC(CCNC(C)(C)c2ccccc2)CC1)C(O)(c1ccccc1)c1ccccc1. The third-order valence-electron chi connectivity index (χ3n) is 8.20. The van der Waals surface area contributed by atoms with Gasteiger partial charge in [0, 0.05) is 11.6 Å². The smallest absolute Gasteiger partial charge is 0.315 e. The van der Waals surface area contributed by atoms with Crippen LogP contribution in [0.1, 0.15) is 69.6 Å². The fraction of sp³-hybridized carbons (Fsp3) is 0.424. The van der Waals surface area contributed by atoms with Crippen LogP contribution in [0.3, 0.4) is 0 Å². The molecule has 4 rings (SSSR count). The Morgan fingerprint density at radius 2 is 1.29 bits per heavy atom. The summed E-state index contributed by atoms with van der Waals surface area (Å²) in [6, 6.07) is 29.1. The average molecular weight is 514 g/mol. The predicted molar refractivity (Wildman–Crippen MR) is 155 cm³/mol. The Balaban J connectivity index is 1.26. The fourth-order valence-corrected chi connectivity index (χ4v) is 5.72. The van der Waals surface area contributed by atoms with E-state index in [-0.39, 0.29) is 17.6 Å². The maximum Gasteiger partial charge on any atom is 0.315 e. The van der Waals surface area contributed by atoms with Gasteiger partial charge < -0.3 is 21.1 Å². The molecule has 1 atom stereocenters. The minimum atomic E-state index is -1.34. The standard InChI is InChI=1S/C33H43N3O2/c1-25(33(38,28-15-9-5-10-16-28)29-17-11-6-12-18-29)35-31(37)36-30-21-19-26(20-22-30)23-24-34-32(2,3)27-13-7-4-8-14-27/h4-18,25-26,30,34,38H,19-24H2,1-3H3,(H2,35,36,37)/t25-,26?,30?/m1/s1. The van der Waals surface area contributed by atoms with Crippen molar-refractivity contribution in [3.05, 3.63) is 108 Å². The summed E-state index contributed by atoms with van der Waals surface area (Å²) in [4.78, 5) is 13.0. The third kappa shape index (κ3) is 6.83. The minimum Gasteiger partial charge on any atom is -0.378 e. The number of carbonyl (C=O) groups is 1. The van der Waals surface area contributed by atoms with E-state index in [1.54, 1.807) is 0 Å². The molecule has 0 saturated heterocycles. The topological polar surface area (TPSA) is 73.4 Å². The molecule has 2 amide bonds. The molecule has 1 aliphatic carbocycles. The van der Waals surface area contributed by atoms with E-state index in [1.165, 1.54) is 5.56 Å². The lowest BCUT2D eigenvalue weighted by molar-refractivity contribution is 0.0470. The molecule has 1 fully saturated rings. The Morgan fingerprint density at radius 3 is 1.79 bits per heavy atom. The molecule has 3 aromatic rings. The molecule has 5 heteroatoms. The zero-order chi connectivity index (χ0) is 27.0. The van der Waals surface area contributed by atoms with Gasteiger partial charge in [-0.25, -0.2) is 4.79 Å². The predicted octanol–water partition coefficient (Wildman–Crippen LogP) is 6.08. The van der Waals surface area contributed by atoms with Gasteiger partial charge in [0.15, 0.2) is 0 Å². The summed E-state index contributed by atoms with van der Waals surface area (Å²) < 4.78 is 0. The lowest BCUT2D eigenvalue weighted by Crippen LogP contribution is -2.54. The number of urea groups is 1. The van der Waals surface area contributed by atoms with Gasteiger partial charge in [0.2, 0.25) is 0 Å². The van der Waals surface area contributed by atoms with Crippen LogP contribution in [0.5, 0.6) is 0 Å². The molecular formula is C33H43N3O2. The van der Waals surface area contributed by atoms with Crippen molar-refractivity contribution in [3.8, 4) is 0 Å². The fourth-order valence-electron chi connectivity index (χ4n) is 5.72. The largest absolute Gasteiger partial charge is 0.378 e. The Labute approximate surface area is 228 Å². The molecule has 38 heavy (non-hydrogen) atoms. The molecule has 3 aromatic carbocycles. The molecule has 5 nitrogen and oxygen atoms in total. The van der Waals surface area contributed by atoms with Crippen molar-refractivity contribution in [2.75, 3.05) is 6.54 Å². The third-order valence-corrected chi connectivity index (χ3v) is 8.20. The molecule has 1 saturated carbocycles. The number of hydrogen-bond acceptors (Lipinski definition) is 3. The number of nitrogens with one attached hydrogen (secondary N) is 3. The first-order valence-corrected chi connectivity index (χ1v) is 14.0. The van der Waals surface area contributed by atoms with Gasteiger partial charge in [0.25, 0.3) is 0 Å². The van der Waals surface area contributed by atoms with Crippen molar-refractivity contribution in [3.63, 3.8) is 0 Å². The number of benzene rings is 3. The summed E-state index contributed by atoms with van der Waals surface area (Å²) in [6.07, 6.45) is 5.34. The van der Waals surface area contributed by atoms with Gasteiger partial charge >= 0.3 is 6.03 Å². The summed E-state index contributed by atoms with van der Waals surface area (Å²) in [7, 11) is 0. The number of amides is 2. The molecule has 0 radical (unpaired) electrons. The second-order valence-corrected chi connectivity index (χ2v) is 11.3. The summed E-state index contributed by atoms with van der Waals surface area (Å²) in [5.41, 5.74) is 1.43. The van der Waals surface area contributed by atoms with Gasteiger partial charge in [0.05, 0.1) is 6.04 Å². The summed E-state index contributed by atoms with van der Waals surface area (Å²) in [5, 5.41) is 21.8. The highest BCUT2D eigenvalue weighted by molar-refractivity contribution is 5.75. The van der Waals surface area contributed by atoms with E-state index in [2.05, 4.69) is 60.1 Å². The van der Waals surface area contributed by atoms with Crippen LogP contribution in [0.2, 0.25) is 0 Å². The van der Waals surface area contributed by atoms with E-state index in [9.17, 15) is 9.90 Å². The first-order chi connectivity index (χ1) is 18.3. The number of aliphatic hydroxyl groups is 1. The normalized spacial score (nSPS) is 18.9. The Bertz CT molecular complexity index is 1090. The van der Waals surface area contributed by atoms with E-state index in [0.717, 1.165) is 49.8 Å². The molecule has 202 valence electrons. The van der Waals surface area contributed by atoms with Crippen LogP contribution >= 0.6 is 0 Å². The summed E-state index contributed by atoms with van der Waals surface area (Å²) in [5.74, 6) is 0.676. The average Bonchev–Trinajstić information content (AvgIpc) is 2.95. The van der Waals surface area contributed by atoms with Crippen LogP contribution < -0.4 is 16.0 Å². The molecule has 0 aromatic heterocycles. The number of carbonyl (C=O) groups excluding carboxylic acids is 1. The molecule has 0 aliphatic heterocycles. The van der Waals surface area contributed by atoms with Gasteiger partial charge in [-0.3, -0.25) is 0 Å². The zero-order valence-electron chi connectivity index (χ0n) is 23.0. The lowest BCUT2D eigenvalue weighted by atomic mass is 9.81. The van der Waals surface area contributed by atoms with E-state index in [4.69, 9.17) is 0 Å². The van der Waals surface area contributed by atoms with Gasteiger partial charge in [-0.1, -0.05) is 91.0 Å². The van der Waals surface area contributed by atoms with Gasteiger partial charge in [-0.2, -0.15) is 0 Å².